The lowest BCUT2D eigenvalue weighted by molar-refractivity contribution is -0.142. The Labute approximate surface area is 192 Å². The molecule has 0 radical (unpaired) electrons. The maximum atomic E-state index is 11.7. The first kappa shape index (κ1) is 24.2. The molecule has 1 aliphatic rings. The summed E-state index contributed by atoms with van der Waals surface area (Å²) in [5, 5.41) is 9.62. The molecule has 0 spiro atoms. The van der Waals surface area contributed by atoms with E-state index in [-0.39, 0.29) is 17.6 Å². The molecule has 174 valence electrons. The maximum Gasteiger partial charge on any atom is 0.317 e. The SMILES string of the molecule is COc1ccccc1C1CCN(C(C)(C)C(C)(C)N(CC(=O)O)Cc2ccccn2)CC1. The molecule has 6 nitrogen and oxygen atoms in total. The molecule has 2 heterocycles. The first-order valence-electron chi connectivity index (χ1n) is 11.4. The minimum absolute atomic E-state index is 0.0231. The van der Waals surface area contributed by atoms with Gasteiger partial charge in [-0.2, -0.15) is 0 Å². The largest absolute Gasteiger partial charge is 0.496 e. The third-order valence-corrected chi connectivity index (χ3v) is 7.56. The van der Waals surface area contributed by atoms with Crippen LogP contribution in [0.15, 0.2) is 48.7 Å². The third kappa shape index (κ3) is 5.13. The Hall–Kier alpha value is -2.44. The van der Waals surface area contributed by atoms with Gasteiger partial charge in [-0.3, -0.25) is 19.6 Å². The zero-order valence-electron chi connectivity index (χ0n) is 20.0. The number of likely N-dealkylation sites (tertiary alicyclic amines) is 1. The van der Waals surface area contributed by atoms with Gasteiger partial charge in [0.2, 0.25) is 0 Å². The Morgan fingerprint density at radius 1 is 1.12 bits per heavy atom. The molecule has 2 aromatic rings. The molecule has 1 aromatic heterocycles. The van der Waals surface area contributed by atoms with E-state index in [2.05, 4.69) is 49.7 Å². The highest BCUT2D eigenvalue weighted by Gasteiger charge is 2.47. The Morgan fingerprint density at radius 3 is 2.38 bits per heavy atom. The Morgan fingerprint density at radius 2 is 1.78 bits per heavy atom. The zero-order chi connectivity index (χ0) is 23.4. The van der Waals surface area contributed by atoms with Crippen molar-refractivity contribution in [1.29, 1.82) is 0 Å². The molecule has 32 heavy (non-hydrogen) atoms. The molecular weight excluding hydrogens is 402 g/mol. The van der Waals surface area contributed by atoms with Crippen LogP contribution in [0.5, 0.6) is 5.75 Å². The lowest BCUT2D eigenvalue weighted by Gasteiger charge is -2.55. The molecule has 1 saturated heterocycles. The first-order chi connectivity index (χ1) is 15.2. The van der Waals surface area contributed by atoms with Gasteiger partial charge in [0.25, 0.3) is 0 Å². The van der Waals surface area contributed by atoms with Crippen LogP contribution in [0.1, 0.15) is 57.7 Å². The minimum atomic E-state index is -0.820. The van der Waals surface area contributed by atoms with Gasteiger partial charge in [-0.25, -0.2) is 0 Å². The van der Waals surface area contributed by atoms with Crippen LogP contribution in [-0.2, 0) is 11.3 Å². The quantitative estimate of drug-likeness (QED) is 0.624. The number of methoxy groups -OCH3 is 1. The number of ether oxygens (including phenoxy) is 1. The van der Waals surface area contributed by atoms with Gasteiger partial charge in [0.1, 0.15) is 5.75 Å². The predicted molar refractivity (Wildman–Crippen MR) is 127 cm³/mol. The van der Waals surface area contributed by atoms with Gasteiger partial charge in [0, 0.05) is 23.8 Å². The second kappa shape index (κ2) is 10.0. The molecule has 1 aromatic carbocycles. The van der Waals surface area contributed by atoms with Crippen LogP contribution in [-0.4, -0.2) is 63.7 Å². The van der Waals surface area contributed by atoms with Crippen molar-refractivity contribution in [1.82, 2.24) is 14.8 Å². The van der Waals surface area contributed by atoms with Gasteiger partial charge in [0.15, 0.2) is 0 Å². The van der Waals surface area contributed by atoms with E-state index < -0.39 is 5.97 Å². The highest BCUT2D eigenvalue weighted by molar-refractivity contribution is 5.69. The molecule has 1 N–H and O–H groups in total. The van der Waals surface area contributed by atoms with Crippen molar-refractivity contribution in [2.24, 2.45) is 0 Å². The number of aliphatic carboxylic acids is 1. The van der Waals surface area contributed by atoms with Crippen molar-refractivity contribution in [2.45, 2.75) is 64.1 Å². The molecule has 0 atom stereocenters. The van der Waals surface area contributed by atoms with Gasteiger partial charge in [-0.1, -0.05) is 24.3 Å². The summed E-state index contributed by atoms with van der Waals surface area (Å²) >= 11 is 0. The number of carboxylic acid groups (broad SMARTS) is 1. The fourth-order valence-corrected chi connectivity index (χ4v) is 4.83. The van der Waals surface area contributed by atoms with E-state index in [0.717, 1.165) is 37.4 Å². The Bertz CT molecular complexity index is 890. The topological polar surface area (TPSA) is 65.9 Å². The van der Waals surface area contributed by atoms with Crippen LogP contribution in [0.25, 0.3) is 0 Å². The number of aromatic nitrogens is 1. The highest BCUT2D eigenvalue weighted by atomic mass is 16.5. The van der Waals surface area contributed by atoms with E-state index in [1.54, 1.807) is 13.3 Å². The van der Waals surface area contributed by atoms with Crippen LogP contribution in [0.2, 0.25) is 0 Å². The maximum absolute atomic E-state index is 11.7. The van der Waals surface area contributed by atoms with Gasteiger partial charge in [-0.05, 0) is 83.3 Å². The zero-order valence-corrected chi connectivity index (χ0v) is 20.0. The highest BCUT2D eigenvalue weighted by Crippen LogP contribution is 2.40. The molecule has 1 fully saturated rings. The standard InChI is InChI=1S/C26H37N3O3/c1-25(2,26(3,4)29(19-24(30)31)18-21-10-8-9-15-27-21)28-16-13-20(14-17-28)22-11-6-7-12-23(22)32-5/h6-12,15,20H,13-14,16-19H2,1-5H3,(H,30,31). The molecule has 3 rings (SSSR count). The average Bonchev–Trinajstić information content (AvgIpc) is 2.79. The molecule has 0 bridgehead atoms. The molecule has 1 aliphatic heterocycles. The lowest BCUT2D eigenvalue weighted by atomic mass is 9.77. The van der Waals surface area contributed by atoms with Crippen LogP contribution < -0.4 is 4.74 Å². The number of piperidine rings is 1. The summed E-state index contributed by atoms with van der Waals surface area (Å²) in [6.45, 7) is 11.2. The smallest absolute Gasteiger partial charge is 0.317 e. The van der Waals surface area contributed by atoms with E-state index in [4.69, 9.17) is 4.74 Å². The van der Waals surface area contributed by atoms with Crippen LogP contribution >= 0.6 is 0 Å². The summed E-state index contributed by atoms with van der Waals surface area (Å²) in [5.74, 6) is 0.623. The van der Waals surface area contributed by atoms with Crippen molar-refractivity contribution < 1.29 is 14.6 Å². The first-order valence-corrected chi connectivity index (χ1v) is 11.4. The minimum Gasteiger partial charge on any atom is -0.496 e. The van der Waals surface area contributed by atoms with Crippen molar-refractivity contribution in [2.75, 3.05) is 26.7 Å². The number of hydrogen-bond donors (Lipinski definition) is 1. The number of carboxylic acids is 1. The number of hydrogen-bond acceptors (Lipinski definition) is 5. The number of rotatable bonds is 9. The van der Waals surface area contributed by atoms with Gasteiger partial charge >= 0.3 is 5.97 Å². The van der Waals surface area contributed by atoms with Gasteiger partial charge in [-0.15, -0.1) is 0 Å². The van der Waals surface area contributed by atoms with E-state index in [1.807, 2.05) is 35.2 Å². The fourth-order valence-electron chi connectivity index (χ4n) is 4.83. The number of pyridine rings is 1. The van der Waals surface area contributed by atoms with E-state index >= 15 is 0 Å². The molecule has 6 heteroatoms. The Kier molecular flexibility index (Phi) is 7.57. The van der Waals surface area contributed by atoms with E-state index in [0.29, 0.717) is 12.5 Å². The summed E-state index contributed by atoms with van der Waals surface area (Å²) in [6.07, 6.45) is 3.87. The second-order valence-electron chi connectivity index (χ2n) is 9.69. The molecule has 0 aliphatic carbocycles. The summed E-state index contributed by atoms with van der Waals surface area (Å²) in [6, 6.07) is 14.1. The van der Waals surface area contributed by atoms with Crippen molar-refractivity contribution in [3.05, 3.63) is 59.9 Å². The second-order valence-corrected chi connectivity index (χ2v) is 9.69. The number of benzene rings is 1. The van der Waals surface area contributed by atoms with Crippen molar-refractivity contribution in [3.8, 4) is 5.75 Å². The number of nitrogens with zero attached hydrogens (tertiary/aromatic N) is 3. The predicted octanol–water partition coefficient (Wildman–Crippen LogP) is 4.41. The summed E-state index contributed by atoms with van der Waals surface area (Å²) in [5.41, 5.74) is 1.55. The molecule has 0 unspecified atom stereocenters. The Balaban J connectivity index is 1.76. The van der Waals surface area contributed by atoms with Crippen molar-refractivity contribution >= 4 is 5.97 Å². The molecule has 0 saturated carbocycles. The third-order valence-electron chi connectivity index (χ3n) is 7.56. The number of para-hydroxylation sites is 1. The average molecular weight is 440 g/mol. The van der Waals surface area contributed by atoms with Gasteiger partial charge < -0.3 is 9.84 Å². The summed E-state index contributed by atoms with van der Waals surface area (Å²) in [4.78, 5) is 20.7. The lowest BCUT2D eigenvalue weighted by Crippen LogP contribution is -2.66. The summed E-state index contributed by atoms with van der Waals surface area (Å²) in [7, 11) is 1.73. The normalized spacial score (nSPS) is 16.3. The van der Waals surface area contributed by atoms with Crippen LogP contribution in [0, 0.1) is 0 Å². The van der Waals surface area contributed by atoms with E-state index in [9.17, 15) is 9.90 Å². The fraction of sp³-hybridized carbons (Fsp3) is 0.538. The van der Waals surface area contributed by atoms with E-state index in [1.165, 1.54) is 5.56 Å². The number of carbonyl (C=O) groups is 1. The molecular formula is C26H37N3O3. The van der Waals surface area contributed by atoms with Gasteiger partial charge in [0.05, 0.1) is 19.3 Å². The molecule has 0 amide bonds. The monoisotopic (exact) mass is 439 g/mol. The van der Waals surface area contributed by atoms with Crippen LogP contribution in [0.3, 0.4) is 0 Å². The van der Waals surface area contributed by atoms with Crippen molar-refractivity contribution in [3.63, 3.8) is 0 Å². The van der Waals surface area contributed by atoms with Crippen LogP contribution in [0.4, 0.5) is 0 Å². The summed E-state index contributed by atoms with van der Waals surface area (Å²) < 4.78 is 5.59.